The molecule has 0 spiro atoms. The molecule has 2 N–H and O–H groups in total. The van der Waals surface area contributed by atoms with Crippen LogP contribution >= 0.6 is 0 Å². The topological polar surface area (TPSA) is 114 Å². The molecule has 0 saturated carbocycles. The number of aromatic hydroxyl groups is 1. The molecular weight excluding hydrogens is 595 g/mol. The van der Waals surface area contributed by atoms with Crippen LogP contribution in [0.4, 0.5) is 0 Å². The zero-order valence-corrected chi connectivity index (χ0v) is 29.8. The molecule has 12 heteroatoms. The van der Waals surface area contributed by atoms with E-state index < -0.39 is 32.0 Å². The van der Waals surface area contributed by atoms with E-state index in [9.17, 15) is 10.2 Å². The third-order valence-corrected chi connectivity index (χ3v) is 15.9. The van der Waals surface area contributed by atoms with E-state index in [2.05, 4.69) is 41.5 Å². The number of fused-ring (bicyclic) bond motifs is 2. The Labute approximate surface area is 269 Å². The highest BCUT2D eigenvalue weighted by Gasteiger charge is 2.54. The molecule has 2 aromatic rings. The van der Waals surface area contributed by atoms with E-state index in [1.165, 1.54) is 14.2 Å². The summed E-state index contributed by atoms with van der Waals surface area (Å²) in [4.78, 5) is 0. The SMILES string of the molecule is COCOc1c2c(cc3c1B(C)O[C@@H]3[C@H](C)[C@@](C)(O)[C@H](O[Si](C(C)C)(C(C)C)C(C)C)c1cc(O)c(OC)c(OC)c1)OCO2. The van der Waals surface area contributed by atoms with Crippen molar-refractivity contribution in [1.29, 1.82) is 0 Å². The third-order valence-electron chi connectivity index (χ3n) is 9.80. The lowest BCUT2D eigenvalue weighted by Gasteiger charge is -2.49. The predicted molar refractivity (Wildman–Crippen MR) is 176 cm³/mol. The fourth-order valence-electron chi connectivity index (χ4n) is 7.51. The second kappa shape index (κ2) is 13.6. The van der Waals surface area contributed by atoms with Crippen molar-refractivity contribution in [3.63, 3.8) is 0 Å². The molecule has 0 aromatic heterocycles. The van der Waals surface area contributed by atoms with Crippen LogP contribution in [0.1, 0.15) is 78.7 Å². The summed E-state index contributed by atoms with van der Waals surface area (Å²) in [7, 11) is 1.97. The van der Waals surface area contributed by atoms with Gasteiger partial charge >= 0.3 is 6.92 Å². The quantitative estimate of drug-likeness (QED) is 0.178. The van der Waals surface area contributed by atoms with Gasteiger partial charge in [-0.25, -0.2) is 0 Å². The fraction of sp³-hybridized carbons (Fsp3) is 0.636. The van der Waals surface area contributed by atoms with Crippen molar-refractivity contribution >= 4 is 20.7 Å². The van der Waals surface area contributed by atoms with Gasteiger partial charge in [0.2, 0.25) is 26.6 Å². The van der Waals surface area contributed by atoms with Crippen LogP contribution in [0.3, 0.4) is 0 Å². The maximum Gasteiger partial charge on any atom is 0.328 e. The molecule has 0 bridgehead atoms. The number of ether oxygens (including phenoxy) is 6. The first-order valence-corrected chi connectivity index (χ1v) is 17.9. The molecule has 4 atom stereocenters. The Balaban J connectivity index is 1.88. The summed E-state index contributed by atoms with van der Waals surface area (Å²) in [5.41, 5.74) is 1.48. The highest BCUT2D eigenvalue weighted by atomic mass is 28.4. The minimum atomic E-state index is -2.58. The summed E-state index contributed by atoms with van der Waals surface area (Å²) >= 11 is 0. The lowest BCUT2D eigenvalue weighted by atomic mass is 9.63. The molecule has 2 aliphatic heterocycles. The number of benzene rings is 2. The molecule has 2 aliphatic rings. The van der Waals surface area contributed by atoms with Crippen LogP contribution in [-0.4, -0.2) is 66.0 Å². The van der Waals surface area contributed by atoms with Gasteiger partial charge in [0.25, 0.3) is 0 Å². The van der Waals surface area contributed by atoms with Gasteiger partial charge in [-0.2, -0.15) is 0 Å². The van der Waals surface area contributed by atoms with Crippen LogP contribution < -0.4 is 29.1 Å². The van der Waals surface area contributed by atoms with E-state index in [4.69, 9.17) is 37.5 Å². The molecule has 2 aromatic carbocycles. The van der Waals surface area contributed by atoms with Crippen LogP contribution in [0, 0.1) is 5.92 Å². The Morgan fingerprint density at radius 2 is 1.60 bits per heavy atom. The minimum absolute atomic E-state index is 0.0297. The molecular formula is C33H51BO10Si. The Hall–Kier alpha value is -2.64. The van der Waals surface area contributed by atoms with Crippen molar-refractivity contribution in [3.05, 3.63) is 29.3 Å². The van der Waals surface area contributed by atoms with Gasteiger partial charge in [0.05, 0.1) is 32.0 Å². The number of phenols is 1. The molecule has 0 unspecified atom stereocenters. The molecule has 0 aliphatic carbocycles. The van der Waals surface area contributed by atoms with Gasteiger partial charge < -0.3 is 47.7 Å². The van der Waals surface area contributed by atoms with Gasteiger partial charge in [-0.15, -0.1) is 0 Å². The molecule has 4 rings (SSSR count). The summed E-state index contributed by atoms with van der Waals surface area (Å²) < 4.78 is 47.8. The standard InChI is InChI=1S/C33H51BO10Si/c1-18(2)45(19(3)4,20(5)6)44-32(22-13-24(35)29(39-12)25(14-22)38-11)33(8,36)21(7)28-23-15-26-30(42-17-40-26)31(41-16-37-10)27(23)34(9)43-28/h13-15,18-21,28,32,35-36H,16-17H2,1-12H3/t21-,28+,32+,33+/m0/s1. The maximum atomic E-state index is 12.8. The van der Waals surface area contributed by atoms with E-state index in [0.29, 0.717) is 28.6 Å². The summed E-state index contributed by atoms with van der Waals surface area (Å²) in [6, 6.07) is 5.31. The van der Waals surface area contributed by atoms with E-state index in [0.717, 1.165) is 11.0 Å². The van der Waals surface area contributed by atoms with Crippen LogP contribution in [0.5, 0.6) is 34.5 Å². The van der Waals surface area contributed by atoms with Gasteiger partial charge in [0.1, 0.15) is 0 Å². The number of hydrogen-bond acceptors (Lipinski definition) is 10. The Bertz CT molecular complexity index is 1330. The van der Waals surface area contributed by atoms with Crippen LogP contribution in [0.2, 0.25) is 23.4 Å². The smallest absolute Gasteiger partial charge is 0.328 e. The molecule has 0 radical (unpaired) electrons. The number of rotatable bonds is 14. The van der Waals surface area contributed by atoms with Crippen LogP contribution in [0.25, 0.3) is 0 Å². The Morgan fingerprint density at radius 1 is 0.956 bits per heavy atom. The molecule has 10 nitrogen and oxygen atoms in total. The average Bonchev–Trinajstić information content (AvgIpc) is 3.58. The Kier molecular flexibility index (Phi) is 10.7. The van der Waals surface area contributed by atoms with Crippen molar-refractivity contribution in [3.8, 4) is 34.5 Å². The highest BCUT2D eigenvalue weighted by Crippen LogP contribution is 2.54. The first-order chi connectivity index (χ1) is 21.2. The van der Waals surface area contributed by atoms with Gasteiger partial charge in [-0.05, 0) is 52.9 Å². The predicted octanol–water partition coefficient (Wildman–Crippen LogP) is 6.34. The largest absolute Gasteiger partial charge is 0.504 e. The molecule has 45 heavy (non-hydrogen) atoms. The zero-order chi connectivity index (χ0) is 33.4. The van der Waals surface area contributed by atoms with Crippen molar-refractivity contribution in [2.45, 2.75) is 96.6 Å². The van der Waals surface area contributed by atoms with Crippen molar-refractivity contribution in [1.82, 2.24) is 0 Å². The number of phenolic OH excluding ortho intramolecular Hbond substituents is 1. The summed E-state index contributed by atoms with van der Waals surface area (Å²) in [6.07, 6.45) is -1.39. The van der Waals surface area contributed by atoms with Gasteiger partial charge in [-0.3, -0.25) is 0 Å². The molecule has 0 amide bonds. The summed E-state index contributed by atoms with van der Waals surface area (Å²) in [5, 5.41) is 23.9. The monoisotopic (exact) mass is 646 g/mol. The zero-order valence-electron chi connectivity index (χ0n) is 28.8. The second-order valence-corrected chi connectivity index (χ2v) is 18.7. The van der Waals surface area contributed by atoms with Crippen LogP contribution in [0.15, 0.2) is 18.2 Å². The fourth-order valence-corrected chi connectivity index (χ4v) is 13.1. The Morgan fingerprint density at radius 3 is 2.16 bits per heavy atom. The van der Waals surface area contributed by atoms with E-state index in [1.807, 2.05) is 19.8 Å². The second-order valence-electron chi connectivity index (χ2n) is 13.3. The van der Waals surface area contributed by atoms with E-state index in [1.54, 1.807) is 26.2 Å². The maximum absolute atomic E-state index is 12.8. The molecule has 0 fully saturated rings. The van der Waals surface area contributed by atoms with Gasteiger partial charge in [0, 0.05) is 18.5 Å². The van der Waals surface area contributed by atoms with Gasteiger partial charge in [-0.1, -0.05) is 55.3 Å². The molecule has 250 valence electrons. The summed E-state index contributed by atoms with van der Waals surface area (Å²) in [6.45, 7) is 18.7. The van der Waals surface area contributed by atoms with Crippen molar-refractivity contribution in [2.24, 2.45) is 5.92 Å². The number of methoxy groups -OCH3 is 3. The first kappa shape index (κ1) is 35.2. The lowest BCUT2D eigenvalue weighted by Crippen LogP contribution is -2.54. The normalized spacial score (nSPS) is 18.8. The first-order valence-electron chi connectivity index (χ1n) is 15.8. The van der Waals surface area contributed by atoms with E-state index in [-0.39, 0.29) is 48.6 Å². The van der Waals surface area contributed by atoms with Crippen molar-refractivity contribution in [2.75, 3.05) is 34.9 Å². The summed E-state index contributed by atoms with van der Waals surface area (Å²) in [5.74, 6) is 1.55. The molecule has 2 heterocycles. The minimum Gasteiger partial charge on any atom is -0.504 e. The van der Waals surface area contributed by atoms with Crippen LogP contribution in [-0.2, 0) is 13.8 Å². The molecule has 0 saturated heterocycles. The number of hydrogen-bond donors (Lipinski definition) is 2. The lowest BCUT2D eigenvalue weighted by molar-refractivity contribution is -0.119. The third kappa shape index (κ3) is 6.12. The van der Waals surface area contributed by atoms with Crippen molar-refractivity contribution < 1.29 is 47.7 Å². The highest BCUT2D eigenvalue weighted by molar-refractivity contribution is 6.77. The average molecular weight is 647 g/mol. The van der Waals surface area contributed by atoms with E-state index >= 15 is 0 Å². The van der Waals surface area contributed by atoms with Gasteiger partial charge in [0.15, 0.2) is 29.8 Å². The number of aliphatic hydroxyl groups is 1.